The summed E-state index contributed by atoms with van der Waals surface area (Å²) in [6.45, 7) is 6.16. The molecule has 0 aliphatic rings. The van der Waals surface area contributed by atoms with Crippen molar-refractivity contribution in [2.45, 2.75) is 96.8 Å². The Bertz CT molecular complexity index is 92.6. The van der Waals surface area contributed by atoms with Gasteiger partial charge in [0.1, 0.15) is 0 Å². The van der Waals surface area contributed by atoms with Gasteiger partial charge in [-0.15, -0.1) is 0 Å². The molecular weight excluding hydrogens is 192 g/mol. The molecule has 0 aliphatic carbocycles. The third-order valence-corrected chi connectivity index (χ3v) is 3.35. The molecule has 0 radical (unpaired) electrons. The summed E-state index contributed by atoms with van der Waals surface area (Å²) in [5.41, 5.74) is 0. The molecule has 0 aromatic rings. The van der Waals surface area contributed by atoms with Gasteiger partial charge in [-0.25, -0.2) is 0 Å². The van der Waals surface area contributed by atoms with Gasteiger partial charge in [-0.3, -0.25) is 0 Å². The van der Waals surface area contributed by atoms with Crippen LogP contribution in [-0.2, 0) is 0 Å². The topological polar surface area (TPSA) is 0 Å². The zero-order chi connectivity index (χ0) is 11.9. The molecule has 0 aromatic heterocycles. The zero-order valence-electron chi connectivity index (χ0n) is 11.6. The average Bonchev–Trinajstić information content (AvgIpc) is 2.31. The average molecular weight is 225 g/mol. The summed E-state index contributed by atoms with van der Waals surface area (Å²) in [6, 6.07) is 0. The van der Waals surface area contributed by atoms with Gasteiger partial charge in [0.15, 0.2) is 0 Å². The highest BCUT2D eigenvalue weighted by Gasteiger charge is 1.92. The molecule has 0 N–H and O–H groups in total. The van der Waals surface area contributed by atoms with Crippen molar-refractivity contribution in [1.29, 1.82) is 0 Å². The molecule has 0 rings (SSSR count). The Morgan fingerprint density at radius 1 is 0.500 bits per heavy atom. The van der Waals surface area contributed by atoms with Gasteiger partial charge in [0.25, 0.3) is 0 Å². The molecular formula is C16H33-. The van der Waals surface area contributed by atoms with Crippen LogP contribution in [0.5, 0.6) is 0 Å². The highest BCUT2D eigenvalue weighted by atomic mass is 14.0. The van der Waals surface area contributed by atoms with Gasteiger partial charge in [0.2, 0.25) is 0 Å². The third-order valence-electron chi connectivity index (χ3n) is 3.35. The normalized spacial score (nSPS) is 10.9. The van der Waals surface area contributed by atoms with Gasteiger partial charge in [0, 0.05) is 0 Å². The quantitative estimate of drug-likeness (QED) is 0.255. The highest BCUT2D eigenvalue weighted by molar-refractivity contribution is 4.49. The van der Waals surface area contributed by atoms with E-state index < -0.39 is 0 Å². The lowest BCUT2D eigenvalue weighted by molar-refractivity contribution is 0.540. The van der Waals surface area contributed by atoms with Crippen LogP contribution in [0.15, 0.2) is 0 Å². The number of hydrogen-bond acceptors (Lipinski definition) is 0. The number of rotatable bonds is 13. The van der Waals surface area contributed by atoms with Gasteiger partial charge >= 0.3 is 0 Å². The first-order valence-corrected chi connectivity index (χ1v) is 7.71. The van der Waals surface area contributed by atoms with Gasteiger partial charge in [0.05, 0.1) is 0 Å². The van der Waals surface area contributed by atoms with Crippen LogP contribution in [0.3, 0.4) is 0 Å². The molecule has 16 heavy (non-hydrogen) atoms. The lowest BCUT2D eigenvalue weighted by Crippen LogP contribution is -1.82. The molecule has 0 aromatic carbocycles. The monoisotopic (exact) mass is 225 g/mol. The fraction of sp³-hybridized carbons (Fsp3) is 0.938. The first-order chi connectivity index (χ1) is 7.91. The van der Waals surface area contributed by atoms with Crippen molar-refractivity contribution >= 4 is 0 Å². The fourth-order valence-corrected chi connectivity index (χ4v) is 2.19. The van der Waals surface area contributed by atoms with E-state index in [0.717, 1.165) is 6.42 Å². The highest BCUT2D eigenvalue weighted by Crippen LogP contribution is 2.12. The molecule has 0 saturated heterocycles. The molecule has 0 nitrogen and oxygen atoms in total. The van der Waals surface area contributed by atoms with Crippen molar-refractivity contribution < 1.29 is 0 Å². The van der Waals surface area contributed by atoms with E-state index in [1.54, 1.807) is 0 Å². The van der Waals surface area contributed by atoms with Crippen LogP contribution in [0, 0.1) is 6.92 Å². The maximum Gasteiger partial charge on any atom is -0.0533 e. The standard InChI is InChI=1S/C16H33/c1-3-5-7-9-11-13-15-16-14-12-10-8-6-4-2/h1,3-16H2,2H3/q-1. The lowest BCUT2D eigenvalue weighted by Gasteiger charge is -2.02. The van der Waals surface area contributed by atoms with E-state index in [1.165, 1.54) is 83.5 Å². The minimum absolute atomic E-state index is 1.12. The van der Waals surface area contributed by atoms with Gasteiger partial charge < -0.3 is 6.92 Å². The van der Waals surface area contributed by atoms with Crippen molar-refractivity contribution in [3.63, 3.8) is 0 Å². The van der Waals surface area contributed by atoms with Crippen LogP contribution < -0.4 is 0 Å². The van der Waals surface area contributed by atoms with Crippen LogP contribution in [0.4, 0.5) is 0 Å². The molecule has 0 heterocycles. The van der Waals surface area contributed by atoms with Gasteiger partial charge in [-0.2, -0.15) is 6.42 Å². The second-order valence-corrected chi connectivity index (χ2v) is 5.10. The van der Waals surface area contributed by atoms with E-state index in [2.05, 4.69) is 13.8 Å². The Labute approximate surface area is 104 Å². The van der Waals surface area contributed by atoms with Crippen molar-refractivity contribution in [3.05, 3.63) is 6.92 Å². The fourth-order valence-electron chi connectivity index (χ4n) is 2.19. The Balaban J connectivity index is 2.83. The van der Waals surface area contributed by atoms with Gasteiger partial charge in [-0.05, 0) is 0 Å². The van der Waals surface area contributed by atoms with Crippen molar-refractivity contribution in [3.8, 4) is 0 Å². The molecule has 0 heteroatoms. The van der Waals surface area contributed by atoms with Gasteiger partial charge in [-0.1, -0.05) is 90.4 Å². The molecule has 98 valence electrons. The molecule has 0 fully saturated rings. The summed E-state index contributed by atoms with van der Waals surface area (Å²) in [5, 5.41) is 0. The summed E-state index contributed by atoms with van der Waals surface area (Å²) in [6.07, 6.45) is 19.8. The number of unbranched alkanes of at least 4 members (excludes halogenated alkanes) is 13. The summed E-state index contributed by atoms with van der Waals surface area (Å²) >= 11 is 0. The van der Waals surface area contributed by atoms with Crippen LogP contribution in [0.1, 0.15) is 96.8 Å². The molecule has 0 unspecified atom stereocenters. The maximum absolute atomic E-state index is 3.87. The molecule has 0 bridgehead atoms. The van der Waals surface area contributed by atoms with Crippen molar-refractivity contribution in [1.82, 2.24) is 0 Å². The third kappa shape index (κ3) is 14.0. The first kappa shape index (κ1) is 16.0. The summed E-state index contributed by atoms with van der Waals surface area (Å²) < 4.78 is 0. The van der Waals surface area contributed by atoms with E-state index in [-0.39, 0.29) is 0 Å². The predicted molar refractivity (Wildman–Crippen MR) is 75.7 cm³/mol. The molecule has 0 saturated carbocycles. The minimum atomic E-state index is 1.12. The van der Waals surface area contributed by atoms with Crippen LogP contribution in [-0.4, -0.2) is 0 Å². The summed E-state index contributed by atoms with van der Waals surface area (Å²) in [7, 11) is 0. The molecule has 0 aliphatic heterocycles. The molecule has 0 atom stereocenters. The largest absolute Gasteiger partial charge is 0.343 e. The van der Waals surface area contributed by atoms with Crippen molar-refractivity contribution in [2.24, 2.45) is 0 Å². The zero-order valence-corrected chi connectivity index (χ0v) is 11.6. The Morgan fingerprint density at radius 2 is 0.812 bits per heavy atom. The van der Waals surface area contributed by atoms with E-state index in [1.807, 2.05) is 0 Å². The second-order valence-electron chi connectivity index (χ2n) is 5.10. The number of hydrogen-bond donors (Lipinski definition) is 0. The van der Waals surface area contributed by atoms with Crippen LogP contribution in [0.2, 0.25) is 0 Å². The van der Waals surface area contributed by atoms with E-state index in [4.69, 9.17) is 0 Å². The summed E-state index contributed by atoms with van der Waals surface area (Å²) in [4.78, 5) is 0. The second kappa shape index (κ2) is 15.0. The Hall–Kier alpha value is 0. The Morgan fingerprint density at radius 3 is 1.12 bits per heavy atom. The smallest absolute Gasteiger partial charge is 0.0533 e. The first-order valence-electron chi connectivity index (χ1n) is 7.71. The predicted octanol–water partition coefficient (Wildman–Crippen LogP) is 6.30. The van der Waals surface area contributed by atoms with E-state index >= 15 is 0 Å². The summed E-state index contributed by atoms with van der Waals surface area (Å²) in [5.74, 6) is 0. The van der Waals surface area contributed by atoms with E-state index in [0.29, 0.717) is 0 Å². The Kier molecular flexibility index (Phi) is 15.0. The molecule has 0 amide bonds. The molecule has 0 spiro atoms. The van der Waals surface area contributed by atoms with E-state index in [9.17, 15) is 0 Å². The van der Waals surface area contributed by atoms with Crippen LogP contribution >= 0.6 is 0 Å². The lowest BCUT2D eigenvalue weighted by atomic mass is 10.0. The van der Waals surface area contributed by atoms with Crippen molar-refractivity contribution in [2.75, 3.05) is 0 Å². The SMILES string of the molecule is [CH2-]CCCCCCCCCCCCCCC. The maximum atomic E-state index is 3.87. The minimum Gasteiger partial charge on any atom is -0.343 e. The van der Waals surface area contributed by atoms with Crippen LogP contribution in [0.25, 0.3) is 0 Å².